The highest BCUT2D eigenvalue weighted by Crippen LogP contribution is 2.16. The first-order chi connectivity index (χ1) is 11.6. The number of benzene rings is 2. The van der Waals surface area contributed by atoms with Crippen molar-refractivity contribution < 1.29 is 18.7 Å². The van der Waals surface area contributed by atoms with Crippen LogP contribution in [0, 0.1) is 5.82 Å². The van der Waals surface area contributed by atoms with Crippen molar-refractivity contribution in [3.05, 3.63) is 65.5 Å². The second-order valence-electron chi connectivity index (χ2n) is 5.43. The van der Waals surface area contributed by atoms with Crippen LogP contribution in [0.4, 0.5) is 4.39 Å². The highest BCUT2D eigenvalue weighted by atomic mass is 19.1. The topological polar surface area (TPSA) is 55.4 Å². The first kappa shape index (κ1) is 17.7. The number of nitrogens with one attached hydrogen (secondary N) is 1. The molecule has 0 aliphatic carbocycles. The lowest BCUT2D eigenvalue weighted by Crippen LogP contribution is -2.21. The predicted molar refractivity (Wildman–Crippen MR) is 89.7 cm³/mol. The van der Waals surface area contributed by atoms with E-state index in [2.05, 4.69) is 5.32 Å². The molecule has 2 rings (SSSR count). The van der Waals surface area contributed by atoms with Gasteiger partial charge in [-0.15, -0.1) is 0 Å². The zero-order chi connectivity index (χ0) is 17.4. The summed E-state index contributed by atoms with van der Waals surface area (Å²) in [6.07, 6.45) is 1.66. The highest BCUT2D eigenvalue weighted by Gasteiger charge is 2.09. The smallest absolute Gasteiger partial charge is 0.216 e. The Labute approximate surface area is 140 Å². The highest BCUT2D eigenvalue weighted by molar-refractivity contribution is 5.97. The molecule has 0 heterocycles. The van der Waals surface area contributed by atoms with E-state index in [-0.39, 0.29) is 24.0 Å². The normalized spacial score (nSPS) is 10.2. The number of rotatable bonds is 8. The average Bonchev–Trinajstić information content (AvgIpc) is 2.58. The van der Waals surface area contributed by atoms with Crippen LogP contribution in [0.5, 0.6) is 5.75 Å². The minimum Gasteiger partial charge on any atom is -0.482 e. The zero-order valence-corrected chi connectivity index (χ0v) is 13.5. The van der Waals surface area contributed by atoms with E-state index < -0.39 is 5.82 Å². The van der Waals surface area contributed by atoms with E-state index in [1.54, 1.807) is 24.3 Å². The molecule has 2 aromatic rings. The van der Waals surface area contributed by atoms with Crippen molar-refractivity contribution in [2.45, 2.75) is 19.8 Å². The van der Waals surface area contributed by atoms with E-state index in [1.165, 1.54) is 19.1 Å². The summed E-state index contributed by atoms with van der Waals surface area (Å²) in [5, 5.41) is 2.74. The van der Waals surface area contributed by atoms with Gasteiger partial charge in [-0.2, -0.15) is 0 Å². The van der Waals surface area contributed by atoms with Crippen molar-refractivity contribution in [3.63, 3.8) is 0 Å². The lowest BCUT2D eigenvalue weighted by molar-refractivity contribution is -0.118. The molecule has 1 N–H and O–H groups in total. The number of halogens is 1. The van der Waals surface area contributed by atoms with Gasteiger partial charge in [-0.3, -0.25) is 9.59 Å². The van der Waals surface area contributed by atoms with Crippen molar-refractivity contribution in [2.24, 2.45) is 0 Å². The number of aryl methyl sites for hydroxylation is 1. The predicted octanol–water partition coefficient (Wildman–Crippen LogP) is 3.16. The molecule has 1 amide bonds. The molecule has 0 fully saturated rings. The van der Waals surface area contributed by atoms with Gasteiger partial charge < -0.3 is 10.1 Å². The van der Waals surface area contributed by atoms with Crippen LogP contribution in [0.15, 0.2) is 48.5 Å². The van der Waals surface area contributed by atoms with Gasteiger partial charge in [-0.25, -0.2) is 4.39 Å². The molecule has 5 heteroatoms. The minimum absolute atomic E-state index is 0.0363. The van der Waals surface area contributed by atoms with E-state index in [0.717, 1.165) is 18.4 Å². The maximum Gasteiger partial charge on any atom is 0.216 e. The van der Waals surface area contributed by atoms with Crippen LogP contribution in [-0.2, 0) is 11.2 Å². The summed E-state index contributed by atoms with van der Waals surface area (Å²) in [6, 6.07) is 13.2. The quantitative estimate of drug-likeness (QED) is 0.598. The lowest BCUT2D eigenvalue weighted by Gasteiger charge is -2.07. The molecule has 0 aliphatic rings. The summed E-state index contributed by atoms with van der Waals surface area (Å²) in [5.74, 6) is -0.658. The zero-order valence-electron chi connectivity index (χ0n) is 13.5. The fourth-order valence-electron chi connectivity index (χ4n) is 2.20. The number of amides is 1. The summed E-state index contributed by atoms with van der Waals surface area (Å²) >= 11 is 0. The van der Waals surface area contributed by atoms with Crippen LogP contribution in [0.3, 0.4) is 0 Å². The van der Waals surface area contributed by atoms with E-state index in [4.69, 9.17) is 4.74 Å². The third-order valence-electron chi connectivity index (χ3n) is 3.49. The Morgan fingerprint density at radius 3 is 2.46 bits per heavy atom. The summed E-state index contributed by atoms with van der Waals surface area (Å²) in [5.41, 5.74) is 1.61. The Hall–Kier alpha value is -2.69. The SMILES string of the molecule is CC(=O)NCCCc1ccc(C(=O)COc2ccccc2F)cc1. The molecule has 0 radical (unpaired) electrons. The molecule has 0 atom stereocenters. The molecule has 0 unspecified atom stereocenters. The maximum atomic E-state index is 13.4. The van der Waals surface area contributed by atoms with E-state index >= 15 is 0 Å². The van der Waals surface area contributed by atoms with Crippen LogP contribution >= 0.6 is 0 Å². The minimum atomic E-state index is -0.486. The third kappa shape index (κ3) is 5.50. The molecular formula is C19H20FNO3. The molecular weight excluding hydrogens is 309 g/mol. The molecule has 0 aliphatic heterocycles. The molecule has 0 bridgehead atoms. The van der Waals surface area contributed by atoms with Gasteiger partial charge in [-0.1, -0.05) is 36.4 Å². The maximum absolute atomic E-state index is 13.4. The summed E-state index contributed by atoms with van der Waals surface area (Å²) in [4.78, 5) is 22.9. The van der Waals surface area contributed by atoms with Crippen LogP contribution in [-0.4, -0.2) is 24.8 Å². The van der Waals surface area contributed by atoms with Gasteiger partial charge in [0.25, 0.3) is 0 Å². The summed E-state index contributed by atoms with van der Waals surface area (Å²) < 4.78 is 18.7. The van der Waals surface area contributed by atoms with Crippen LogP contribution in [0.2, 0.25) is 0 Å². The van der Waals surface area contributed by atoms with E-state index in [1.807, 2.05) is 12.1 Å². The Kier molecular flexibility index (Phi) is 6.49. The van der Waals surface area contributed by atoms with Gasteiger partial charge in [-0.05, 0) is 30.5 Å². The first-order valence-electron chi connectivity index (χ1n) is 7.80. The Balaban J connectivity index is 1.82. The van der Waals surface area contributed by atoms with Crippen LogP contribution < -0.4 is 10.1 Å². The molecule has 126 valence electrons. The Bertz CT molecular complexity index is 698. The number of Topliss-reactive ketones (excluding diaryl/α,β-unsaturated/α-hetero) is 1. The number of hydrogen-bond acceptors (Lipinski definition) is 3. The Morgan fingerprint density at radius 1 is 1.08 bits per heavy atom. The van der Waals surface area contributed by atoms with Crippen molar-refractivity contribution in [3.8, 4) is 5.75 Å². The monoisotopic (exact) mass is 329 g/mol. The number of para-hydroxylation sites is 1. The summed E-state index contributed by atoms with van der Waals surface area (Å²) in [7, 11) is 0. The molecule has 4 nitrogen and oxygen atoms in total. The van der Waals surface area contributed by atoms with Gasteiger partial charge in [0.15, 0.2) is 24.0 Å². The molecule has 0 spiro atoms. The van der Waals surface area contributed by atoms with Gasteiger partial charge in [0.2, 0.25) is 5.91 Å². The van der Waals surface area contributed by atoms with Crippen molar-refractivity contribution in [1.29, 1.82) is 0 Å². The summed E-state index contributed by atoms with van der Waals surface area (Å²) in [6.45, 7) is 1.92. The van der Waals surface area contributed by atoms with Crippen LogP contribution in [0.1, 0.15) is 29.3 Å². The van der Waals surface area contributed by atoms with E-state index in [9.17, 15) is 14.0 Å². The third-order valence-corrected chi connectivity index (χ3v) is 3.49. The average molecular weight is 329 g/mol. The molecule has 0 saturated carbocycles. The standard InChI is InChI=1S/C19H20FNO3/c1-14(22)21-12-4-5-15-8-10-16(11-9-15)18(23)13-24-19-7-3-2-6-17(19)20/h2-3,6-11H,4-5,12-13H2,1H3,(H,21,22). The van der Waals surface area contributed by atoms with Crippen molar-refractivity contribution in [1.82, 2.24) is 5.32 Å². The number of carbonyl (C=O) groups is 2. The fraction of sp³-hybridized carbons (Fsp3) is 0.263. The molecule has 2 aromatic carbocycles. The van der Waals surface area contributed by atoms with Crippen molar-refractivity contribution in [2.75, 3.05) is 13.2 Å². The molecule has 0 saturated heterocycles. The number of ether oxygens (including phenoxy) is 1. The fourth-order valence-corrected chi connectivity index (χ4v) is 2.20. The Morgan fingerprint density at radius 2 is 1.79 bits per heavy atom. The number of carbonyl (C=O) groups excluding carboxylic acids is 2. The van der Waals surface area contributed by atoms with Gasteiger partial charge in [0.05, 0.1) is 0 Å². The molecule has 24 heavy (non-hydrogen) atoms. The van der Waals surface area contributed by atoms with Gasteiger partial charge in [0, 0.05) is 19.0 Å². The molecule has 0 aromatic heterocycles. The lowest BCUT2D eigenvalue weighted by atomic mass is 10.1. The van der Waals surface area contributed by atoms with Crippen LogP contribution in [0.25, 0.3) is 0 Å². The van der Waals surface area contributed by atoms with Gasteiger partial charge >= 0.3 is 0 Å². The van der Waals surface area contributed by atoms with E-state index in [0.29, 0.717) is 12.1 Å². The second-order valence-corrected chi connectivity index (χ2v) is 5.43. The first-order valence-corrected chi connectivity index (χ1v) is 7.80. The second kappa shape index (κ2) is 8.82. The van der Waals surface area contributed by atoms with Crippen molar-refractivity contribution >= 4 is 11.7 Å². The number of ketones is 1. The van der Waals surface area contributed by atoms with Gasteiger partial charge in [0.1, 0.15) is 0 Å². The largest absolute Gasteiger partial charge is 0.482 e. The number of hydrogen-bond donors (Lipinski definition) is 1.